The Balaban J connectivity index is 1.37. The fraction of sp³-hybridized carbons (Fsp3) is 0.350. The molecule has 2 N–H and O–H groups in total. The van der Waals surface area contributed by atoms with Gasteiger partial charge in [-0.25, -0.2) is 9.59 Å². The van der Waals surface area contributed by atoms with Crippen molar-refractivity contribution in [2.24, 2.45) is 0 Å². The van der Waals surface area contributed by atoms with Crippen LogP contribution in [-0.4, -0.2) is 37.2 Å². The molecule has 7 heteroatoms. The fourth-order valence-corrected chi connectivity index (χ4v) is 3.04. The maximum Gasteiger partial charge on any atom is 0.344 e. The Labute approximate surface area is 157 Å². The van der Waals surface area contributed by atoms with E-state index in [2.05, 4.69) is 10.6 Å². The van der Waals surface area contributed by atoms with Crippen molar-refractivity contribution in [2.45, 2.75) is 31.7 Å². The van der Waals surface area contributed by atoms with Gasteiger partial charge in [-0.1, -0.05) is 43.2 Å². The van der Waals surface area contributed by atoms with Gasteiger partial charge in [0.2, 0.25) is 0 Å². The Morgan fingerprint density at radius 2 is 1.70 bits per heavy atom. The van der Waals surface area contributed by atoms with E-state index in [0.717, 1.165) is 36.5 Å². The van der Waals surface area contributed by atoms with Gasteiger partial charge in [0.05, 0.1) is 0 Å². The van der Waals surface area contributed by atoms with Gasteiger partial charge in [-0.3, -0.25) is 10.1 Å². The van der Waals surface area contributed by atoms with E-state index in [0.29, 0.717) is 5.75 Å². The van der Waals surface area contributed by atoms with Gasteiger partial charge in [-0.2, -0.15) is 0 Å². The number of fused-ring (bicyclic) bond motifs is 1. The average Bonchev–Trinajstić information content (AvgIpc) is 3.17. The molecule has 1 fully saturated rings. The van der Waals surface area contributed by atoms with Crippen LogP contribution in [0.5, 0.6) is 5.75 Å². The lowest BCUT2D eigenvalue weighted by Crippen LogP contribution is -2.45. The molecule has 0 atom stereocenters. The van der Waals surface area contributed by atoms with Gasteiger partial charge in [-0.15, -0.1) is 0 Å². The fourth-order valence-electron chi connectivity index (χ4n) is 3.04. The molecule has 7 nitrogen and oxygen atoms in total. The lowest BCUT2D eigenvalue weighted by Gasteiger charge is -2.12. The molecule has 0 saturated heterocycles. The van der Waals surface area contributed by atoms with Crippen LogP contribution in [0.15, 0.2) is 42.5 Å². The summed E-state index contributed by atoms with van der Waals surface area (Å²) in [6, 6.07) is 12.8. The van der Waals surface area contributed by atoms with Gasteiger partial charge in [0, 0.05) is 6.04 Å². The minimum Gasteiger partial charge on any atom is -0.482 e. The molecule has 1 aliphatic carbocycles. The van der Waals surface area contributed by atoms with E-state index < -0.39 is 24.5 Å². The Kier molecular flexibility index (Phi) is 6.25. The largest absolute Gasteiger partial charge is 0.482 e. The number of benzene rings is 2. The Hall–Kier alpha value is -3.09. The summed E-state index contributed by atoms with van der Waals surface area (Å²) in [7, 11) is 0. The lowest BCUT2D eigenvalue weighted by molar-refractivity contribution is -0.150. The van der Waals surface area contributed by atoms with Crippen LogP contribution in [0.4, 0.5) is 4.79 Å². The van der Waals surface area contributed by atoms with Crippen LogP contribution in [0, 0.1) is 0 Å². The summed E-state index contributed by atoms with van der Waals surface area (Å²) in [5, 5.41) is 6.94. The second-order valence-electron chi connectivity index (χ2n) is 6.46. The highest BCUT2D eigenvalue weighted by Crippen LogP contribution is 2.20. The van der Waals surface area contributed by atoms with Crippen molar-refractivity contribution < 1.29 is 23.9 Å². The average molecular weight is 370 g/mol. The first kappa shape index (κ1) is 18.7. The van der Waals surface area contributed by atoms with E-state index in [-0.39, 0.29) is 12.6 Å². The Morgan fingerprint density at radius 3 is 2.48 bits per heavy atom. The molecule has 0 heterocycles. The highest BCUT2D eigenvalue weighted by Gasteiger charge is 2.18. The third-order valence-electron chi connectivity index (χ3n) is 4.39. The summed E-state index contributed by atoms with van der Waals surface area (Å²) in [5.41, 5.74) is 0. The first-order valence-corrected chi connectivity index (χ1v) is 8.98. The van der Waals surface area contributed by atoms with Crippen molar-refractivity contribution in [3.05, 3.63) is 42.5 Å². The van der Waals surface area contributed by atoms with E-state index in [9.17, 15) is 14.4 Å². The monoisotopic (exact) mass is 370 g/mol. The van der Waals surface area contributed by atoms with Gasteiger partial charge in [0.1, 0.15) is 5.75 Å². The van der Waals surface area contributed by atoms with Crippen LogP contribution in [-0.2, 0) is 14.3 Å². The summed E-state index contributed by atoms with van der Waals surface area (Å²) in [5.74, 6) is -0.829. The summed E-state index contributed by atoms with van der Waals surface area (Å²) in [6.45, 7) is -0.849. The summed E-state index contributed by atoms with van der Waals surface area (Å²) < 4.78 is 10.2. The van der Waals surface area contributed by atoms with E-state index in [1.54, 1.807) is 6.07 Å². The Bertz CT molecular complexity index is 830. The number of imide groups is 1. The van der Waals surface area contributed by atoms with Crippen molar-refractivity contribution in [1.29, 1.82) is 0 Å². The predicted octanol–water partition coefficient (Wildman–Crippen LogP) is 2.53. The van der Waals surface area contributed by atoms with Gasteiger partial charge in [-0.05, 0) is 35.7 Å². The standard InChI is InChI=1S/C20H22N2O5/c23-18(22-20(25)21-16-7-3-4-8-16)12-27-19(24)13-26-17-10-9-14-5-1-2-6-15(14)11-17/h1-2,5-6,9-11,16H,3-4,7-8,12-13H2,(H2,21,22,23,25). The summed E-state index contributed by atoms with van der Waals surface area (Å²) in [4.78, 5) is 35.0. The van der Waals surface area contributed by atoms with Gasteiger partial charge in [0.25, 0.3) is 5.91 Å². The summed E-state index contributed by atoms with van der Waals surface area (Å²) in [6.07, 6.45) is 3.99. The normalized spacial score (nSPS) is 13.9. The molecule has 3 amide bonds. The van der Waals surface area contributed by atoms with Crippen molar-refractivity contribution in [1.82, 2.24) is 10.6 Å². The maximum atomic E-state index is 11.7. The molecule has 1 aliphatic rings. The number of amides is 3. The molecule has 0 aromatic heterocycles. The van der Waals surface area contributed by atoms with E-state index in [4.69, 9.17) is 9.47 Å². The highest BCUT2D eigenvalue weighted by atomic mass is 16.6. The quantitative estimate of drug-likeness (QED) is 0.762. The van der Waals surface area contributed by atoms with Gasteiger partial charge < -0.3 is 14.8 Å². The number of esters is 1. The van der Waals surface area contributed by atoms with Crippen LogP contribution in [0.2, 0.25) is 0 Å². The third-order valence-corrected chi connectivity index (χ3v) is 4.39. The number of hydrogen-bond acceptors (Lipinski definition) is 5. The second kappa shape index (κ2) is 9.02. The zero-order chi connectivity index (χ0) is 19.1. The molecule has 0 aliphatic heterocycles. The van der Waals surface area contributed by atoms with Crippen LogP contribution < -0.4 is 15.4 Å². The van der Waals surface area contributed by atoms with Crippen LogP contribution in [0.1, 0.15) is 25.7 Å². The number of ether oxygens (including phenoxy) is 2. The molecule has 1 saturated carbocycles. The number of hydrogen-bond donors (Lipinski definition) is 2. The number of urea groups is 1. The minimum absolute atomic E-state index is 0.107. The van der Waals surface area contributed by atoms with Crippen LogP contribution >= 0.6 is 0 Å². The molecule has 2 aromatic carbocycles. The van der Waals surface area contributed by atoms with Gasteiger partial charge >= 0.3 is 12.0 Å². The highest BCUT2D eigenvalue weighted by molar-refractivity contribution is 5.95. The molecule has 2 aromatic rings. The maximum absolute atomic E-state index is 11.7. The zero-order valence-corrected chi connectivity index (χ0v) is 14.9. The van der Waals surface area contributed by atoms with E-state index >= 15 is 0 Å². The number of carbonyl (C=O) groups is 3. The van der Waals surface area contributed by atoms with Crippen LogP contribution in [0.3, 0.4) is 0 Å². The molecule has 142 valence electrons. The van der Waals surface area contributed by atoms with Crippen molar-refractivity contribution in [2.75, 3.05) is 13.2 Å². The third kappa shape index (κ3) is 5.70. The topological polar surface area (TPSA) is 93.7 Å². The summed E-state index contributed by atoms with van der Waals surface area (Å²) >= 11 is 0. The molecule has 0 unspecified atom stereocenters. The van der Waals surface area contributed by atoms with Crippen LogP contribution in [0.25, 0.3) is 10.8 Å². The number of rotatable bonds is 6. The minimum atomic E-state index is -0.686. The smallest absolute Gasteiger partial charge is 0.344 e. The first-order valence-electron chi connectivity index (χ1n) is 8.98. The SMILES string of the molecule is O=C(COC(=O)COc1ccc2ccccc2c1)NC(=O)NC1CCCC1. The molecule has 0 bridgehead atoms. The lowest BCUT2D eigenvalue weighted by atomic mass is 10.1. The molecule has 0 spiro atoms. The van der Waals surface area contributed by atoms with Gasteiger partial charge in [0.15, 0.2) is 13.2 Å². The number of nitrogens with one attached hydrogen (secondary N) is 2. The van der Waals surface area contributed by atoms with E-state index in [1.807, 2.05) is 36.4 Å². The molecule has 0 radical (unpaired) electrons. The zero-order valence-electron chi connectivity index (χ0n) is 14.9. The molecular weight excluding hydrogens is 348 g/mol. The number of carbonyl (C=O) groups excluding carboxylic acids is 3. The van der Waals surface area contributed by atoms with Crippen molar-refractivity contribution in [3.8, 4) is 5.75 Å². The van der Waals surface area contributed by atoms with E-state index in [1.165, 1.54) is 0 Å². The first-order chi connectivity index (χ1) is 13.1. The Morgan fingerprint density at radius 1 is 0.963 bits per heavy atom. The van der Waals surface area contributed by atoms with Crippen molar-refractivity contribution in [3.63, 3.8) is 0 Å². The second-order valence-corrected chi connectivity index (χ2v) is 6.46. The molecular formula is C20H22N2O5. The molecule has 27 heavy (non-hydrogen) atoms. The predicted molar refractivity (Wildman–Crippen MR) is 99.3 cm³/mol. The molecule has 3 rings (SSSR count). The van der Waals surface area contributed by atoms with Crippen molar-refractivity contribution >= 4 is 28.7 Å².